The van der Waals surface area contributed by atoms with Crippen molar-refractivity contribution >= 4 is 32.8 Å². The van der Waals surface area contributed by atoms with Crippen LogP contribution >= 0.6 is 0 Å². The standard InChI is InChI=1S/C78H82N4O.Pt/c1-73(2,3)54-32-29-50(30-33-54)51-31-36-68-70(43-51)80(60-23-21-24-61(47-60)83-62-34-35-66-65-25-19-20-28-67(65)82(69(66)48-62)71-46-55(37-38-79-71)74(4,5)6)49-81(68)72-63(52-39-56(75(7,8)9)44-57(40-52)76(10,11)12)26-22-27-64(72)53-41-58(77(13,14)15)45-59(42-53)78(16,17)18;/h19-46H,1-18H3;/q-2;. The molecule has 5 nitrogen and oxygen atoms in total. The molecule has 0 aliphatic carbocycles. The zero-order valence-electron chi connectivity index (χ0n) is 52.7. The molecule has 0 saturated heterocycles. The van der Waals surface area contributed by atoms with E-state index >= 15 is 0 Å². The van der Waals surface area contributed by atoms with Gasteiger partial charge in [-0.2, -0.15) is 18.2 Å². The zero-order chi connectivity index (χ0) is 59.3. The first-order valence-electron chi connectivity index (χ1n) is 29.6. The minimum Gasteiger partial charge on any atom is -0.510 e. The first-order valence-corrected chi connectivity index (χ1v) is 29.6. The van der Waals surface area contributed by atoms with Gasteiger partial charge in [0.05, 0.1) is 16.7 Å². The van der Waals surface area contributed by atoms with E-state index in [1.807, 2.05) is 18.3 Å². The summed E-state index contributed by atoms with van der Waals surface area (Å²) in [6.45, 7) is 41.4. The molecule has 0 radical (unpaired) electrons. The topological polar surface area (TPSA) is 35.9 Å². The second-order valence-corrected chi connectivity index (χ2v) is 29.2. The summed E-state index contributed by atoms with van der Waals surface area (Å²) >= 11 is 0. The molecule has 0 amide bonds. The van der Waals surface area contributed by atoms with Gasteiger partial charge >= 0.3 is 0 Å². The molecule has 84 heavy (non-hydrogen) atoms. The normalized spacial score (nSPS) is 12.8. The number of benzene rings is 8. The predicted molar refractivity (Wildman–Crippen MR) is 348 cm³/mol. The number of hydrogen-bond acceptors (Lipinski definition) is 2. The van der Waals surface area contributed by atoms with E-state index in [-0.39, 0.29) is 53.6 Å². The van der Waals surface area contributed by atoms with Gasteiger partial charge in [0.1, 0.15) is 5.82 Å². The molecular weight excluding hydrogens is 1200 g/mol. The summed E-state index contributed by atoms with van der Waals surface area (Å²) in [5.41, 5.74) is 20.0. The number of pyridine rings is 1. The van der Waals surface area contributed by atoms with Crippen LogP contribution in [0.3, 0.4) is 0 Å². The van der Waals surface area contributed by atoms with Gasteiger partial charge in [0.15, 0.2) is 0 Å². The molecule has 0 bridgehead atoms. The summed E-state index contributed by atoms with van der Waals surface area (Å²) in [5.74, 6) is 1.99. The fraction of sp³-hybridized carbons (Fsp3) is 0.308. The van der Waals surface area contributed by atoms with E-state index in [2.05, 4.69) is 308 Å². The summed E-state index contributed by atoms with van der Waals surface area (Å²) in [4.78, 5) is 4.93. The number of fused-ring (bicyclic) bond motifs is 4. The Balaban J connectivity index is 0.00000786. The molecule has 0 fully saturated rings. The number of rotatable bonds is 8. The monoisotopic (exact) mass is 1290 g/mol. The molecule has 6 heteroatoms. The molecule has 0 spiro atoms. The van der Waals surface area contributed by atoms with E-state index in [1.54, 1.807) is 0 Å². The Labute approximate surface area is 515 Å². The number of imidazole rings is 1. The molecule has 432 valence electrons. The summed E-state index contributed by atoms with van der Waals surface area (Å²) in [6, 6.07) is 67.8. The van der Waals surface area contributed by atoms with Gasteiger partial charge < -0.3 is 13.9 Å². The Bertz CT molecular complexity index is 4120. The molecule has 0 saturated carbocycles. The number of nitrogens with zero attached hydrogens (tertiary/aromatic N) is 4. The first-order chi connectivity index (χ1) is 38.9. The summed E-state index contributed by atoms with van der Waals surface area (Å²) in [7, 11) is 0. The van der Waals surface area contributed by atoms with Crippen LogP contribution < -0.4 is 9.30 Å². The fourth-order valence-corrected chi connectivity index (χ4v) is 11.3. The minimum atomic E-state index is -0.0900. The Morgan fingerprint density at radius 2 is 0.929 bits per heavy atom. The molecule has 3 aromatic heterocycles. The van der Waals surface area contributed by atoms with E-state index in [0.29, 0.717) is 11.5 Å². The predicted octanol–water partition coefficient (Wildman–Crippen LogP) is 20.4. The number of para-hydroxylation sites is 2. The van der Waals surface area contributed by atoms with Gasteiger partial charge in [0, 0.05) is 44.3 Å². The Morgan fingerprint density at radius 1 is 0.405 bits per heavy atom. The van der Waals surface area contributed by atoms with E-state index in [9.17, 15) is 0 Å². The van der Waals surface area contributed by atoms with Crippen LogP contribution in [0.15, 0.2) is 170 Å². The minimum absolute atomic E-state index is 0. The molecule has 0 N–H and O–H groups in total. The number of aromatic nitrogens is 4. The number of ether oxygens (including phenoxy) is 1. The molecule has 0 aliphatic heterocycles. The number of hydrogen-bond donors (Lipinski definition) is 0. The smallest absolute Gasteiger partial charge is 0.268 e. The average Bonchev–Trinajstić information content (AvgIpc) is 1.72. The molecule has 3 heterocycles. The van der Waals surface area contributed by atoms with Crippen LogP contribution in [0.25, 0.3) is 83.4 Å². The summed E-state index contributed by atoms with van der Waals surface area (Å²) < 4.78 is 13.6. The van der Waals surface area contributed by atoms with Crippen LogP contribution in [0.4, 0.5) is 0 Å². The van der Waals surface area contributed by atoms with Crippen molar-refractivity contribution in [1.82, 2.24) is 14.1 Å². The summed E-state index contributed by atoms with van der Waals surface area (Å²) in [6.07, 6.45) is 5.94. The van der Waals surface area contributed by atoms with Crippen LogP contribution in [-0.2, 0) is 53.6 Å². The third-order valence-electron chi connectivity index (χ3n) is 16.6. The van der Waals surface area contributed by atoms with Crippen LogP contribution in [0, 0.1) is 18.5 Å². The van der Waals surface area contributed by atoms with Crippen LogP contribution in [0.5, 0.6) is 11.5 Å². The van der Waals surface area contributed by atoms with Gasteiger partial charge in [-0.25, -0.2) is 4.98 Å². The van der Waals surface area contributed by atoms with Gasteiger partial charge in [0.25, 0.3) is 6.33 Å². The van der Waals surface area contributed by atoms with Crippen molar-refractivity contribution in [1.29, 1.82) is 0 Å². The van der Waals surface area contributed by atoms with Gasteiger partial charge in [0.2, 0.25) is 0 Å². The molecule has 8 aromatic carbocycles. The first kappa shape index (κ1) is 59.8. The Morgan fingerprint density at radius 3 is 1.49 bits per heavy atom. The van der Waals surface area contributed by atoms with Crippen molar-refractivity contribution in [3.63, 3.8) is 0 Å². The van der Waals surface area contributed by atoms with E-state index in [1.165, 1.54) is 44.5 Å². The van der Waals surface area contributed by atoms with Gasteiger partial charge in [-0.3, -0.25) is 4.57 Å². The van der Waals surface area contributed by atoms with Gasteiger partial charge in [-0.05, 0) is 135 Å². The van der Waals surface area contributed by atoms with E-state index < -0.39 is 0 Å². The van der Waals surface area contributed by atoms with E-state index in [4.69, 9.17) is 9.72 Å². The second-order valence-electron chi connectivity index (χ2n) is 29.2. The molecule has 0 aliphatic rings. The quantitative estimate of drug-likeness (QED) is 0.112. The fourth-order valence-electron chi connectivity index (χ4n) is 11.3. The third kappa shape index (κ3) is 11.8. The Kier molecular flexibility index (Phi) is 15.4. The van der Waals surface area contributed by atoms with Gasteiger partial charge in [-0.15, -0.1) is 29.7 Å². The molecular formula is C78H82N4OPt-2. The largest absolute Gasteiger partial charge is 0.510 e. The molecule has 11 aromatic rings. The molecule has 0 unspecified atom stereocenters. The average molecular weight is 1290 g/mol. The maximum absolute atomic E-state index is 6.88. The SMILES string of the molecule is CC(C)(C)c1ccc(-c2ccc3c(c2)n(-c2[c-]c(Oc4[c-]c5c(cc4)c4ccccc4n5-c4cc(C(C)(C)C)ccn4)ccc2)[c-][n+]3-c2c(-c3cc(C(C)(C)C)cc(C(C)(C)C)c3)cccc2-c2cc(C(C)(C)C)cc(C(C)(C)C)c2)cc1.[Pt]. The van der Waals surface area contributed by atoms with Crippen LogP contribution in [-0.4, -0.2) is 14.1 Å². The maximum atomic E-state index is 6.88. The van der Waals surface area contributed by atoms with Crippen molar-refractivity contribution in [3.05, 3.63) is 222 Å². The van der Waals surface area contributed by atoms with Crippen molar-refractivity contribution in [2.75, 3.05) is 0 Å². The van der Waals surface area contributed by atoms with Crippen molar-refractivity contribution in [2.24, 2.45) is 0 Å². The van der Waals surface area contributed by atoms with Crippen LogP contribution in [0.2, 0.25) is 0 Å². The third-order valence-corrected chi connectivity index (χ3v) is 16.6. The maximum Gasteiger partial charge on any atom is 0.268 e. The van der Waals surface area contributed by atoms with Crippen molar-refractivity contribution in [3.8, 4) is 62.1 Å². The Hall–Kier alpha value is -7.33. The molecule has 11 rings (SSSR count). The summed E-state index contributed by atoms with van der Waals surface area (Å²) in [5, 5.41) is 2.21. The second kappa shape index (κ2) is 21.6. The van der Waals surface area contributed by atoms with E-state index in [0.717, 1.165) is 72.3 Å². The zero-order valence-corrected chi connectivity index (χ0v) is 55.0. The molecule has 0 atom stereocenters. The van der Waals surface area contributed by atoms with Crippen molar-refractivity contribution in [2.45, 2.75) is 157 Å². The van der Waals surface area contributed by atoms with Crippen LogP contribution in [0.1, 0.15) is 158 Å². The van der Waals surface area contributed by atoms with Gasteiger partial charge in [-0.1, -0.05) is 239 Å². The van der Waals surface area contributed by atoms with Crippen molar-refractivity contribution < 1.29 is 30.4 Å².